The number of allylic oxidation sites excluding steroid dienone is 2. The fraction of sp³-hybridized carbons (Fsp3) is 0.143. The minimum absolute atomic E-state index is 0.722. The van der Waals surface area contributed by atoms with Gasteiger partial charge in [0, 0.05) is 16.1 Å². The Kier molecular flexibility index (Phi) is 6.21. The first-order valence-corrected chi connectivity index (χ1v) is 10.8. The Morgan fingerprint density at radius 3 is 2.37 bits per heavy atom. The second-order valence-electron chi connectivity index (χ2n) is 7.29. The molecule has 0 saturated heterocycles. The molecule has 0 unspecified atom stereocenters. The van der Waals surface area contributed by atoms with Crippen molar-refractivity contribution >= 4 is 34.0 Å². The lowest BCUT2D eigenvalue weighted by molar-refractivity contribution is 0.570. The summed E-state index contributed by atoms with van der Waals surface area (Å²) >= 11 is 6.07. The first kappa shape index (κ1) is 20.3. The lowest BCUT2D eigenvalue weighted by atomic mass is 9.94. The molecule has 0 fully saturated rings. The highest BCUT2D eigenvalue weighted by Gasteiger charge is 2.16. The van der Waals surface area contributed by atoms with Gasteiger partial charge in [-0.25, -0.2) is 0 Å². The highest BCUT2D eigenvalue weighted by Crippen LogP contribution is 2.35. The van der Waals surface area contributed by atoms with Gasteiger partial charge in [-0.3, -0.25) is 0 Å². The lowest BCUT2D eigenvalue weighted by Crippen LogP contribution is -1.89. The van der Waals surface area contributed by atoms with Crippen LogP contribution in [0.25, 0.3) is 33.7 Å². The van der Waals surface area contributed by atoms with Crippen molar-refractivity contribution in [3.63, 3.8) is 0 Å². The maximum atomic E-state index is 6.31. The van der Waals surface area contributed by atoms with Crippen LogP contribution in [0.1, 0.15) is 43.6 Å². The molecule has 0 N–H and O–H groups in total. The van der Waals surface area contributed by atoms with E-state index >= 15 is 0 Å². The van der Waals surface area contributed by atoms with Crippen LogP contribution >= 0.6 is 11.6 Å². The maximum Gasteiger partial charge on any atom is 0.135 e. The number of rotatable bonds is 6. The SMILES string of the molecule is CC/C=C(/c1ccc2ccccc2c1)c1cc(-c2ccc(Cl)cc2)oc1/C=C/CC. The van der Waals surface area contributed by atoms with Gasteiger partial charge >= 0.3 is 0 Å². The molecule has 2 heteroatoms. The third kappa shape index (κ3) is 4.27. The molecule has 30 heavy (non-hydrogen) atoms. The summed E-state index contributed by atoms with van der Waals surface area (Å²) in [5.74, 6) is 1.73. The van der Waals surface area contributed by atoms with Gasteiger partial charge in [-0.1, -0.05) is 74.0 Å². The molecule has 0 aliphatic rings. The van der Waals surface area contributed by atoms with E-state index in [9.17, 15) is 0 Å². The van der Waals surface area contributed by atoms with Gasteiger partial charge in [0.25, 0.3) is 0 Å². The zero-order valence-corrected chi connectivity index (χ0v) is 18.1. The molecule has 0 radical (unpaired) electrons. The zero-order chi connectivity index (χ0) is 20.9. The number of benzene rings is 3. The van der Waals surface area contributed by atoms with Crippen molar-refractivity contribution in [1.82, 2.24) is 0 Å². The Balaban J connectivity index is 1.86. The number of halogens is 1. The van der Waals surface area contributed by atoms with Crippen molar-refractivity contribution in [1.29, 1.82) is 0 Å². The predicted molar refractivity (Wildman–Crippen MR) is 130 cm³/mol. The van der Waals surface area contributed by atoms with Crippen LogP contribution in [0.5, 0.6) is 0 Å². The highest BCUT2D eigenvalue weighted by molar-refractivity contribution is 6.30. The van der Waals surface area contributed by atoms with Crippen LogP contribution in [0.15, 0.2) is 89.4 Å². The Morgan fingerprint density at radius 2 is 1.63 bits per heavy atom. The van der Waals surface area contributed by atoms with E-state index in [1.807, 2.05) is 24.3 Å². The smallest absolute Gasteiger partial charge is 0.135 e. The summed E-state index contributed by atoms with van der Waals surface area (Å²) in [6, 6.07) is 25.1. The van der Waals surface area contributed by atoms with Crippen LogP contribution in [0.4, 0.5) is 0 Å². The summed E-state index contributed by atoms with van der Waals surface area (Å²) in [7, 11) is 0. The number of fused-ring (bicyclic) bond motifs is 1. The van der Waals surface area contributed by atoms with Gasteiger partial charge in [-0.05, 0) is 77.2 Å². The predicted octanol–water partition coefficient (Wildman–Crippen LogP) is 9.02. The normalized spacial score (nSPS) is 12.2. The van der Waals surface area contributed by atoms with Gasteiger partial charge in [0.1, 0.15) is 11.5 Å². The van der Waals surface area contributed by atoms with Crippen molar-refractivity contribution in [2.24, 2.45) is 0 Å². The molecule has 150 valence electrons. The zero-order valence-electron chi connectivity index (χ0n) is 17.4. The fourth-order valence-corrected chi connectivity index (χ4v) is 3.79. The standard InChI is InChI=1S/C28H25ClO/c1-3-5-11-27-26(19-28(30-27)21-14-16-24(29)17-15-21)25(8-4-2)23-13-12-20-9-6-7-10-22(20)18-23/h5-19H,3-4H2,1-2H3/b11-5+,25-8-. The van der Waals surface area contributed by atoms with E-state index in [4.69, 9.17) is 16.0 Å². The molecule has 4 aromatic rings. The van der Waals surface area contributed by atoms with Gasteiger partial charge < -0.3 is 4.42 Å². The number of hydrogen-bond donors (Lipinski definition) is 0. The summed E-state index contributed by atoms with van der Waals surface area (Å²) in [5, 5.41) is 3.21. The van der Waals surface area contributed by atoms with Gasteiger partial charge in [0.15, 0.2) is 0 Å². The van der Waals surface area contributed by atoms with Crippen molar-refractivity contribution < 1.29 is 4.42 Å². The Morgan fingerprint density at radius 1 is 0.867 bits per heavy atom. The number of furan rings is 1. The minimum atomic E-state index is 0.722. The largest absolute Gasteiger partial charge is 0.456 e. The Bertz CT molecular complexity index is 1210. The van der Waals surface area contributed by atoms with E-state index in [1.54, 1.807) is 0 Å². The number of hydrogen-bond acceptors (Lipinski definition) is 1. The molecule has 1 aromatic heterocycles. The highest BCUT2D eigenvalue weighted by atomic mass is 35.5. The van der Waals surface area contributed by atoms with Crippen LogP contribution in [0, 0.1) is 0 Å². The summed E-state index contributed by atoms with van der Waals surface area (Å²) in [6.45, 7) is 4.30. The third-order valence-corrected chi connectivity index (χ3v) is 5.41. The molecular formula is C28H25ClO. The van der Waals surface area contributed by atoms with E-state index in [2.05, 4.69) is 80.6 Å². The van der Waals surface area contributed by atoms with Gasteiger partial charge in [0.2, 0.25) is 0 Å². The molecule has 3 aromatic carbocycles. The molecule has 0 aliphatic carbocycles. The molecule has 4 rings (SSSR count). The van der Waals surface area contributed by atoms with Crippen molar-refractivity contribution in [2.45, 2.75) is 26.7 Å². The molecule has 0 atom stereocenters. The molecule has 0 saturated carbocycles. The molecule has 0 bridgehead atoms. The summed E-state index contributed by atoms with van der Waals surface area (Å²) in [6.07, 6.45) is 8.40. The summed E-state index contributed by atoms with van der Waals surface area (Å²) in [4.78, 5) is 0. The fourth-order valence-electron chi connectivity index (χ4n) is 3.66. The summed E-state index contributed by atoms with van der Waals surface area (Å²) < 4.78 is 6.31. The van der Waals surface area contributed by atoms with Crippen LogP contribution in [-0.2, 0) is 0 Å². The second-order valence-corrected chi connectivity index (χ2v) is 7.73. The van der Waals surface area contributed by atoms with E-state index < -0.39 is 0 Å². The average Bonchev–Trinajstić information content (AvgIpc) is 3.20. The molecule has 0 amide bonds. The Labute approximate surface area is 183 Å². The average molecular weight is 413 g/mol. The maximum absolute atomic E-state index is 6.31. The van der Waals surface area contributed by atoms with Crippen LogP contribution < -0.4 is 0 Å². The second kappa shape index (κ2) is 9.19. The first-order chi connectivity index (χ1) is 14.7. The van der Waals surface area contributed by atoms with Gasteiger partial charge in [-0.2, -0.15) is 0 Å². The van der Waals surface area contributed by atoms with E-state index in [0.717, 1.165) is 40.5 Å². The topological polar surface area (TPSA) is 13.1 Å². The van der Waals surface area contributed by atoms with E-state index in [0.29, 0.717) is 0 Å². The summed E-state index contributed by atoms with van der Waals surface area (Å²) in [5.41, 5.74) is 4.53. The quantitative estimate of drug-likeness (QED) is 0.308. The Hall–Kier alpha value is -3.03. The molecule has 1 nitrogen and oxygen atoms in total. The van der Waals surface area contributed by atoms with Gasteiger partial charge in [-0.15, -0.1) is 0 Å². The first-order valence-electron chi connectivity index (χ1n) is 10.5. The van der Waals surface area contributed by atoms with Gasteiger partial charge in [0.05, 0.1) is 0 Å². The molecule has 0 aliphatic heterocycles. The van der Waals surface area contributed by atoms with Crippen molar-refractivity contribution in [3.05, 3.63) is 107 Å². The van der Waals surface area contributed by atoms with Crippen LogP contribution in [0.3, 0.4) is 0 Å². The van der Waals surface area contributed by atoms with Crippen LogP contribution in [-0.4, -0.2) is 0 Å². The molecular weight excluding hydrogens is 388 g/mol. The lowest BCUT2D eigenvalue weighted by Gasteiger charge is -2.09. The van der Waals surface area contributed by atoms with E-state index in [-0.39, 0.29) is 0 Å². The van der Waals surface area contributed by atoms with Crippen LogP contribution in [0.2, 0.25) is 5.02 Å². The third-order valence-electron chi connectivity index (χ3n) is 5.15. The van der Waals surface area contributed by atoms with E-state index in [1.165, 1.54) is 21.9 Å². The van der Waals surface area contributed by atoms with Crippen molar-refractivity contribution in [2.75, 3.05) is 0 Å². The molecule has 0 spiro atoms. The minimum Gasteiger partial charge on any atom is -0.456 e. The van der Waals surface area contributed by atoms with Crippen molar-refractivity contribution in [3.8, 4) is 11.3 Å². The molecule has 1 heterocycles. The monoisotopic (exact) mass is 412 g/mol.